The molecule has 0 spiro atoms. The van der Waals surface area contributed by atoms with Crippen molar-refractivity contribution in [3.8, 4) is 0 Å². The van der Waals surface area contributed by atoms with Crippen molar-refractivity contribution in [1.29, 1.82) is 0 Å². The van der Waals surface area contributed by atoms with Gasteiger partial charge in [0.1, 0.15) is 19.3 Å². The Morgan fingerprint density at radius 1 is 1.32 bits per heavy atom. The molecule has 1 atom stereocenters. The number of unbranched alkanes of at least 4 members (excludes halogenated alkanes) is 5. The van der Waals surface area contributed by atoms with Crippen LogP contribution in [0.15, 0.2) is 29.5 Å². The highest BCUT2D eigenvalue weighted by molar-refractivity contribution is 5.82. The molecule has 1 aliphatic rings. The summed E-state index contributed by atoms with van der Waals surface area (Å²) in [4.78, 5) is 15.3. The quantitative estimate of drug-likeness (QED) is 0.338. The molecule has 0 bridgehead atoms. The topological polar surface area (TPSA) is 78.5 Å². The van der Waals surface area contributed by atoms with E-state index in [0.29, 0.717) is 19.5 Å². The lowest BCUT2D eigenvalue weighted by Gasteiger charge is -2.32. The van der Waals surface area contributed by atoms with Crippen molar-refractivity contribution in [2.75, 3.05) is 19.6 Å². The lowest BCUT2D eigenvalue weighted by atomic mass is 10.1. The number of carbonyl (C=O) groups excluding carboxylic acids is 1. The first-order valence-electron chi connectivity index (χ1n) is 8.31. The van der Waals surface area contributed by atoms with Gasteiger partial charge in [0.05, 0.1) is 18.6 Å². The molecule has 0 radical (unpaired) electrons. The molecule has 0 aromatic heterocycles. The second-order valence-corrected chi connectivity index (χ2v) is 5.80. The molecule has 0 aromatic carbocycles. The summed E-state index contributed by atoms with van der Waals surface area (Å²) < 4.78 is 0.194. The fourth-order valence-corrected chi connectivity index (χ4v) is 2.74. The third-order valence-electron chi connectivity index (χ3n) is 3.97. The van der Waals surface area contributed by atoms with Crippen molar-refractivity contribution in [1.82, 2.24) is 0 Å². The van der Waals surface area contributed by atoms with Gasteiger partial charge in [0, 0.05) is 6.54 Å². The van der Waals surface area contributed by atoms with Crippen LogP contribution in [0.2, 0.25) is 0 Å². The van der Waals surface area contributed by atoms with Crippen molar-refractivity contribution < 1.29 is 14.4 Å². The van der Waals surface area contributed by atoms with Crippen molar-refractivity contribution >= 4 is 11.8 Å². The minimum absolute atomic E-state index is 0.0998. The highest BCUT2D eigenvalue weighted by Gasteiger charge is 2.33. The van der Waals surface area contributed by atoms with Gasteiger partial charge >= 0.3 is 0 Å². The fourth-order valence-electron chi connectivity index (χ4n) is 2.74. The Morgan fingerprint density at radius 2 is 2.09 bits per heavy atom. The average Bonchev–Trinajstić information content (AvgIpc) is 2.84. The van der Waals surface area contributed by atoms with Gasteiger partial charge in [-0.2, -0.15) is 0 Å². The number of carboxylic acid groups (broad SMARTS) is 1. The summed E-state index contributed by atoms with van der Waals surface area (Å²) in [5, 5.41) is 11.0. The van der Waals surface area contributed by atoms with Gasteiger partial charge in [0.2, 0.25) is 5.84 Å². The molecule has 0 aliphatic carbocycles. The Balaban J connectivity index is 2.41. The highest BCUT2D eigenvalue weighted by Crippen LogP contribution is 2.19. The number of aliphatic carboxylic acids is 1. The number of nitrogens with two attached hydrogens (primary N) is 1. The van der Waals surface area contributed by atoms with Gasteiger partial charge < -0.3 is 15.6 Å². The van der Waals surface area contributed by atoms with Gasteiger partial charge in [-0.05, 0) is 12.8 Å². The maximum atomic E-state index is 11.0. The molecular formula is C17H29N3O2. The van der Waals surface area contributed by atoms with Crippen LogP contribution in [0.1, 0.15) is 51.9 Å². The Bertz CT molecular complexity index is 430. The van der Waals surface area contributed by atoms with E-state index in [1.54, 1.807) is 12.4 Å². The van der Waals surface area contributed by atoms with E-state index < -0.39 is 5.97 Å². The van der Waals surface area contributed by atoms with Crippen molar-refractivity contribution in [2.24, 2.45) is 10.7 Å². The van der Waals surface area contributed by atoms with Gasteiger partial charge in [0.15, 0.2) is 0 Å². The number of aliphatic imine (C=N–C) groups is 1. The lowest BCUT2D eigenvalue weighted by Crippen LogP contribution is -2.54. The number of allylic oxidation sites excluding steroid dienone is 1. The van der Waals surface area contributed by atoms with E-state index in [1.165, 1.54) is 32.1 Å². The fraction of sp³-hybridized carbons (Fsp3) is 0.647. The third kappa shape index (κ3) is 6.12. The second kappa shape index (κ2) is 10.3. The second-order valence-electron chi connectivity index (χ2n) is 5.80. The largest absolute Gasteiger partial charge is 0.544 e. The molecule has 0 saturated heterocycles. The van der Waals surface area contributed by atoms with E-state index >= 15 is 0 Å². The van der Waals surface area contributed by atoms with Crippen LogP contribution in [-0.4, -0.2) is 35.9 Å². The zero-order valence-electron chi connectivity index (χ0n) is 13.7. The van der Waals surface area contributed by atoms with Crippen molar-refractivity contribution in [2.45, 2.75) is 51.9 Å². The number of quaternary nitrogens is 1. The number of hydrogen-bond acceptors (Lipinski definition) is 4. The van der Waals surface area contributed by atoms with E-state index in [2.05, 4.69) is 24.1 Å². The summed E-state index contributed by atoms with van der Waals surface area (Å²) in [6, 6.07) is 0. The van der Waals surface area contributed by atoms with Gasteiger partial charge in [0.25, 0.3) is 0 Å². The maximum absolute atomic E-state index is 11.0. The Hall–Kier alpha value is -1.46. The molecule has 1 unspecified atom stereocenters. The first kappa shape index (κ1) is 18.6. The van der Waals surface area contributed by atoms with Crippen LogP contribution in [0.25, 0.3) is 0 Å². The van der Waals surface area contributed by atoms with Crippen molar-refractivity contribution in [3.63, 3.8) is 0 Å². The molecule has 22 heavy (non-hydrogen) atoms. The number of carboxylic acids is 1. The SMILES string of the molecule is CCCCCCC/C=C/CC1=NC=C[N+]1(CCN)CC(=O)[O-]. The minimum atomic E-state index is -1.08. The predicted molar refractivity (Wildman–Crippen MR) is 87.8 cm³/mol. The Morgan fingerprint density at radius 3 is 2.77 bits per heavy atom. The van der Waals surface area contributed by atoms with Crippen molar-refractivity contribution in [3.05, 3.63) is 24.6 Å². The molecule has 0 fully saturated rings. The van der Waals surface area contributed by atoms with Gasteiger partial charge in [-0.3, -0.25) is 0 Å². The van der Waals surface area contributed by atoms with E-state index in [0.717, 1.165) is 12.3 Å². The van der Waals surface area contributed by atoms with Crippen LogP contribution >= 0.6 is 0 Å². The molecule has 1 heterocycles. The van der Waals surface area contributed by atoms with Gasteiger partial charge in [-0.1, -0.05) is 44.8 Å². The van der Waals surface area contributed by atoms with E-state index in [9.17, 15) is 9.90 Å². The van der Waals surface area contributed by atoms with E-state index in [4.69, 9.17) is 5.73 Å². The summed E-state index contributed by atoms with van der Waals surface area (Å²) in [7, 11) is 0. The molecule has 1 rings (SSSR count). The van der Waals surface area contributed by atoms with Crippen LogP contribution in [0.3, 0.4) is 0 Å². The Kier molecular flexibility index (Phi) is 8.70. The standard InChI is InChI=1S/C17H29N3O2/c1-2-3-4-5-6-7-8-9-10-16-19-12-14-20(16,13-11-18)15-17(21)22/h8-9,12,14H,2-7,10-11,13,15,18H2,1H3/b9-8+. The normalized spacial score (nSPS) is 20.7. The van der Waals surface area contributed by atoms with E-state index in [1.807, 2.05) is 0 Å². The first-order valence-corrected chi connectivity index (χ1v) is 8.31. The molecule has 5 nitrogen and oxygen atoms in total. The zero-order valence-corrected chi connectivity index (χ0v) is 13.7. The Labute approximate surface area is 133 Å². The maximum Gasteiger partial charge on any atom is 0.211 e. The molecule has 2 N–H and O–H groups in total. The molecule has 1 aliphatic heterocycles. The van der Waals surface area contributed by atoms with Crippen LogP contribution < -0.4 is 10.8 Å². The summed E-state index contributed by atoms with van der Waals surface area (Å²) in [6.45, 7) is 3.07. The van der Waals surface area contributed by atoms with Gasteiger partial charge in [-0.25, -0.2) is 9.48 Å². The number of amidine groups is 1. The number of rotatable bonds is 12. The molecule has 0 amide bonds. The molecule has 5 heteroatoms. The van der Waals surface area contributed by atoms with Gasteiger partial charge in [-0.15, -0.1) is 0 Å². The average molecular weight is 307 g/mol. The number of nitrogens with zero attached hydrogens (tertiary/aromatic N) is 2. The molecule has 0 saturated carbocycles. The predicted octanol–water partition coefficient (Wildman–Crippen LogP) is 1.70. The molecule has 124 valence electrons. The monoisotopic (exact) mass is 307 g/mol. The minimum Gasteiger partial charge on any atom is -0.544 e. The van der Waals surface area contributed by atoms with E-state index in [-0.39, 0.29) is 11.0 Å². The first-order chi connectivity index (χ1) is 10.6. The summed E-state index contributed by atoms with van der Waals surface area (Å²) in [5.41, 5.74) is 5.63. The zero-order chi connectivity index (χ0) is 16.3. The highest BCUT2D eigenvalue weighted by atomic mass is 16.4. The van der Waals surface area contributed by atoms with Crippen LogP contribution in [-0.2, 0) is 4.79 Å². The summed E-state index contributed by atoms with van der Waals surface area (Å²) in [6.07, 6.45) is 15.8. The third-order valence-corrected chi connectivity index (χ3v) is 3.97. The van der Waals surface area contributed by atoms with Crippen LogP contribution in [0.5, 0.6) is 0 Å². The molecular weight excluding hydrogens is 278 g/mol. The van der Waals surface area contributed by atoms with Crippen LogP contribution in [0.4, 0.5) is 0 Å². The number of carbonyl (C=O) groups is 1. The smallest absolute Gasteiger partial charge is 0.211 e. The summed E-state index contributed by atoms with van der Waals surface area (Å²) in [5.74, 6) is -0.246. The lowest BCUT2D eigenvalue weighted by molar-refractivity contribution is -0.780. The summed E-state index contributed by atoms with van der Waals surface area (Å²) >= 11 is 0. The molecule has 0 aromatic rings. The number of hydrogen-bond donors (Lipinski definition) is 1. The van der Waals surface area contributed by atoms with Crippen LogP contribution in [0, 0.1) is 0 Å².